The van der Waals surface area contributed by atoms with Gasteiger partial charge in [-0.1, -0.05) is 12.1 Å². The van der Waals surface area contributed by atoms with Crippen LogP contribution in [0.2, 0.25) is 0 Å². The van der Waals surface area contributed by atoms with Gasteiger partial charge in [0.15, 0.2) is 5.78 Å². The average Bonchev–Trinajstić information content (AvgIpc) is 2.49. The summed E-state index contributed by atoms with van der Waals surface area (Å²) in [5.41, 5.74) is 4.66. The molecular weight excluding hydrogens is 278 g/mol. The lowest BCUT2D eigenvalue weighted by Crippen LogP contribution is -2.00. The van der Waals surface area contributed by atoms with Gasteiger partial charge in [0.05, 0.1) is 4.92 Å². The minimum absolute atomic E-state index is 0.0356. The highest BCUT2D eigenvalue weighted by Gasteiger charge is 2.08. The molecule has 0 radical (unpaired) electrons. The van der Waals surface area contributed by atoms with Crippen LogP contribution in [-0.2, 0) is 0 Å². The minimum Gasteiger partial charge on any atom is -0.289 e. The molecule has 4 nitrogen and oxygen atoms in total. The molecule has 0 bridgehead atoms. The van der Waals surface area contributed by atoms with Crippen LogP contribution in [0.4, 0.5) is 5.69 Å². The molecule has 2 aromatic rings. The van der Waals surface area contributed by atoms with E-state index in [1.807, 2.05) is 32.9 Å². The van der Waals surface area contributed by atoms with Crippen molar-refractivity contribution in [2.24, 2.45) is 0 Å². The second-order valence-corrected chi connectivity index (χ2v) is 5.30. The fourth-order valence-corrected chi connectivity index (χ4v) is 2.19. The van der Waals surface area contributed by atoms with E-state index in [1.54, 1.807) is 18.2 Å². The molecule has 0 heterocycles. The topological polar surface area (TPSA) is 60.2 Å². The normalized spacial score (nSPS) is 10.9. The van der Waals surface area contributed by atoms with Crippen LogP contribution in [0.15, 0.2) is 42.5 Å². The van der Waals surface area contributed by atoms with Crippen LogP contribution in [0.1, 0.15) is 32.6 Å². The van der Waals surface area contributed by atoms with E-state index >= 15 is 0 Å². The maximum Gasteiger partial charge on any atom is 0.269 e. The molecule has 2 aromatic carbocycles. The highest BCUT2D eigenvalue weighted by molar-refractivity contribution is 6.07. The Labute approximate surface area is 129 Å². The van der Waals surface area contributed by atoms with Crippen molar-refractivity contribution < 1.29 is 9.72 Å². The van der Waals surface area contributed by atoms with E-state index < -0.39 is 4.92 Å². The molecule has 0 fully saturated rings. The zero-order valence-electron chi connectivity index (χ0n) is 12.8. The number of ketones is 1. The lowest BCUT2D eigenvalue weighted by Gasteiger charge is -2.06. The second kappa shape index (κ2) is 6.35. The summed E-state index contributed by atoms with van der Waals surface area (Å²) in [5, 5.41) is 10.6. The first-order valence-electron chi connectivity index (χ1n) is 6.93. The average molecular weight is 295 g/mol. The van der Waals surface area contributed by atoms with Crippen LogP contribution >= 0.6 is 0 Å². The van der Waals surface area contributed by atoms with Crippen molar-refractivity contribution in [3.05, 3.63) is 80.4 Å². The molecular formula is C18H17NO3. The number of allylic oxidation sites excluding steroid dienone is 1. The molecule has 0 spiro atoms. The molecule has 0 atom stereocenters. The molecule has 0 saturated carbocycles. The van der Waals surface area contributed by atoms with Crippen LogP contribution < -0.4 is 0 Å². The first kappa shape index (κ1) is 15.6. The molecule has 0 aliphatic carbocycles. The third kappa shape index (κ3) is 3.47. The van der Waals surface area contributed by atoms with E-state index in [-0.39, 0.29) is 11.5 Å². The van der Waals surface area contributed by atoms with Crippen molar-refractivity contribution in [3.63, 3.8) is 0 Å². The van der Waals surface area contributed by atoms with E-state index in [0.29, 0.717) is 5.56 Å². The van der Waals surface area contributed by atoms with E-state index in [0.717, 1.165) is 22.3 Å². The minimum atomic E-state index is -0.447. The van der Waals surface area contributed by atoms with Gasteiger partial charge in [0.1, 0.15) is 0 Å². The molecule has 22 heavy (non-hydrogen) atoms. The Bertz CT molecular complexity index is 759. The van der Waals surface area contributed by atoms with E-state index in [2.05, 4.69) is 0 Å². The largest absolute Gasteiger partial charge is 0.289 e. The molecule has 0 aliphatic heterocycles. The van der Waals surface area contributed by atoms with Gasteiger partial charge in [0.2, 0.25) is 0 Å². The van der Waals surface area contributed by atoms with Crippen LogP contribution in [0.5, 0.6) is 0 Å². The number of nitro groups is 1. The standard InChI is InChI=1S/C18H17NO3/c1-12-10-14(3)17(11-13(12)2)18(20)9-6-15-4-7-16(8-5-15)19(21)22/h4-11H,1-3H3/b9-6+. The van der Waals surface area contributed by atoms with E-state index in [4.69, 9.17) is 0 Å². The number of nitro benzene ring substituents is 1. The summed E-state index contributed by atoms with van der Waals surface area (Å²) < 4.78 is 0. The van der Waals surface area contributed by atoms with E-state index in [9.17, 15) is 14.9 Å². The molecule has 2 rings (SSSR count). The van der Waals surface area contributed by atoms with Gasteiger partial charge in [0, 0.05) is 17.7 Å². The summed E-state index contributed by atoms with van der Waals surface area (Å²) in [4.78, 5) is 22.4. The number of nitrogens with zero attached hydrogens (tertiary/aromatic N) is 1. The van der Waals surface area contributed by atoms with Crippen molar-refractivity contribution in [3.8, 4) is 0 Å². The fraction of sp³-hybridized carbons (Fsp3) is 0.167. The number of carbonyl (C=O) groups excluding carboxylic acids is 1. The summed E-state index contributed by atoms with van der Waals surface area (Å²) in [6, 6.07) is 9.98. The molecule has 0 aromatic heterocycles. The number of non-ortho nitro benzene ring substituents is 1. The summed E-state index contributed by atoms with van der Waals surface area (Å²) in [6.07, 6.45) is 3.17. The van der Waals surface area contributed by atoms with E-state index in [1.165, 1.54) is 18.2 Å². The Morgan fingerprint density at radius 2 is 1.59 bits per heavy atom. The van der Waals surface area contributed by atoms with Gasteiger partial charge in [-0.15, -0.1) is 0 Å². The van der Waals surface area contributed by atoms with Gasteiger partial charge in [-0.2, -0.15) is 0 Å². The summed E-state index contributed by atoms with van der Waals surface area (Å²) >= 11 is 0. The number of hydrogen-bond acceptors (Lipinski definition) is 3. The Kier molecular flexibility index (Phi) is 4.51. The number of carbonyl (C=O) groups is 1. The molecule has 4 heteroatoms. The van der Waals surface area contributed by atoms with Gasteiger partial charge in [-0.3, -0.25) is 14.9 Å². The highest BCUT2D eigenvalue weighted by atomic mass is 16.6. The second-order valence-electron chi connectivity index (χ2n) is 5.30. The monoisotopic (exact) mass is 295 g/mol. The van der Waals surface area contributed by atoms with Crippen LogP contribution in [0, 0.1) is 30.9 Å². The number of rotatable bonds is 4. The quantitative estimate of drug-likeness (QED) is 0.363. The first-order valence-corrected chi connectivity index (χ1v) is 6.93. The number of aryl methyl sites for hydroxylation is 3. The Hall–Kier alpha value is -2.75. The Balaban J connectivity index is 2.21. The SMILES string of the molecule is Cc1cc(C)c(C(=O)/C=C/c2ccc([N+](=O)[O-])cc2)cc1C. The molecule has 0 saturated heterocycles. The predicted molar refractivity (Wildman–Crippen MR) is 87.1 cm³/mol. The molecule has 112 valence electrons. The van der Waals surface area contributed by atoms with Gasteiger partial charge in [0.25, 0.3) is 5.69 Å². The molecule has 0 unspecified atom stereocenters. The lowest BCUT2D eigenvalue weighted by atomic mass is 9.97. The van der Waals surface area contributed by atoms with Gasteiger partial charge in [-0.05, 0) is 67.3 Å². The van der Waals surface area contributed by atoms with Crippen molar-refractivity contribution >= 4 is 17.5 Å². The highest BCUT2D eigenvalue weighted by Crippen LogP contribution is 2.17. The lowest BCUT2D eigenvalue weighted by molar-refractivity contribution is -0.384. The smallest absolute Gasteiger partial charge is 0.269 e. The number of hydrogen-bond donors (Lipinski definition) is 0. The summed E-state index contributed by atoms with van der Waals surface area (Å²) in [6.45, 7) is 5.91. The predicted octanol–water partition coefficient (Wildman–Crippen LogP) is 4.42. The summed E-state index contributed by atoms with van der Waals surface area (Å²) in [5.74, 6) is -0.0704. The van der Waals surface area contributed by atoms with Crippen molar-refractivity contribution in [2.75, 3.05) is 0 Å². The van der Waals surface area contributed by atoms with Gasteiger partial charge >= 0.3 is 0 Å². The Morgan fingerprint density at radius 1 is 1.00 bits per heavy atom. The van der Waals surface area contributed by atoms with Crippen LogP contribution in [0.3, 0.4) is 0 Å². The van der Waals surface area contributed by atoms with Crippen molar-refractivity contribution in [1.82, 2.24) is 0 Å². The molecule has 0 N–H and O–H groups in total. The molecule has 0 aliphatic rings. The maximum absolute atomic E-state index is 12.3. The maximum atomic E-state index is 12.3. The van der Waals surface area contributed by atoms with Gasteiger partial charge < -0.3 is 0 Å². The van der Waals surface area contributed by atoms with Crippen molar-refractivity contribution in [2.45, 2.75) is 20.8 Å². The molecule has 0 amide bonds. The first-order chi connectivity index (χ1) is 10.4. The van der Waals surface area contributed by atoms with Crippen LogP contribution in [0.25, 0.3) is 6.08 Å². The zero-order valence-corrected chi connectivity index (χ0v) is 12.8. The van der Waals surface area contributed by atoms with Gasteiger partial charge in [-0.25, -0.2) is 0 Å². The Morgan fingerprint density at radius 3 is 2.18 bits per heavy atom. The summed E-state index contributed by atoms with van der Waals surface area (Å²) in [7, 11) is 0. The van der Waals surface area contributed by atoms with Crippen molar-refractivity contribution in [1.29, 1.82) is 0 Å². The third-order valence-corrected chi connectivity index (χ3v) is 3.64. The van der Waals surface area contributed by atoms with Crippen LogP contribution in [-0.4, -0.2) is 10.7 Å². The fourth-order valence-electron chi connectivity index (χ4n) is 2.19. The third-order valence-electron chi connectivity index (χ3n) is 3.64. The number of benzene rings is 2. The zero-order chi connectivity index (χ0) is 16.3.